The number of carbonyl (C=O) groups is 1. The topological polar surface area (TPSA) is 20.3 Å². The highest BCUT2D eigenvalue weighted by Crippen LogP contribution is 2.38. The number of amides is 1. The lowest BCUT2D eigenvalue weighted by molar-refractivity contribution is -0.118. The van der Waals surface area contributed by atoms with Crippen molar-refractivity contribution in [2.45, 2.75) is 19.3 Å². The van der Waals surface area contributed by atoms with Gasteiger partial charge in [0, 0.05) is 12.2 Å². The molecule has 0 aromatic heterocycles. The summed E-state index contributed by atoms with van der Waals surface area (Å²) in [6.07, 6.45) is 0.918. The highest BCUT2D eigenvalue weighted by molar-refractivity contribution is 6.00. The standard InChI is InChI=1S/C24H23NO/c1-18-10-8-9-13-20(18)16-21-17-25(22-14-6-3-7-15-22)24(26)23(21)19-11-4-2-5-12-19/h2-15,21,23H,16-17H2,1H3/t21-,23+/m1/s1. The van der Waals surface area contributed by atoms with Crippen LogP contribution in [0.2, 0.25) is 0 Å². The van der Waals surface area contributed by atoms with E-state index in [9.17, 15) is 4.79 Å². The van der Waals surface area contributed by atoms with E-state index in [4.69, 9.17) is 0 Å². The Morgan fingerprint density at radius 1 is 0.846 bits per heavy atom. The van der Waals surface area contributed by atoms with Crippen LogP contribution in [0, 0.1) is 12.8 Å². The van der Waals surface area contributed by atoms with E-state index in [2.05, 4.69) is 43.3 Å². The van der Waals surface area contributed by atoms with E-state index in [1.807, 2.05) is 53.4 Å². The molecule has 2 atom stereocenters. The van der Waals surface area contributed by atoms with Gasteiger partial charge in [-0.25, -0.2) is 0 Å². The molecule has 1 saturated heterocycles. The maximum absolute atomic E-state index is 13.3. The number of nitrogens with zero attached hydrogens (tertiary/aromatic N) is 1. The molecule has 0 saturated carbocycles. The summed E-state index contributed by atoms with van der Waals surface area (Å²) in [6.45, 7) is 2.91. The molecule has 0 unspecified atom stereocenters. The Morgan fingerprint density at radius 3 is 2.15 bits per heavy atom. The minimum Gasteiger partial charge on any atom is -0.312 e. The SMILES string of the molecule is Cc1ccccc1C[C@@H]1CN(c2ccccc2)C(=O)[C@H]1c1ccccc1. The van der Waals surface area contributed by atoms with Crippen LogP contribution in [-0.2, 0) is 11.2 Å². The van der Waals surface area contributed by atoms with Gasteiger partial charge in [-0.3, -0.25) is 4.79 Å². The second-order valence-electron chi connectivity index (χ2n) is 7.06. The maximum Gasteiger partial charge on any atom is 0.234 e. The minimum atomic E-state index is -0.0870. The van der Waals surface area contributed by atoms with Crippen molar-refractivity contribution in [2.24, 2.45) is 5.92 Å². The summed E-state index contributed by atoms with van der Waals surface area (Å²) >= 11 is 0. The Bertz CT molecular complexity index is 888. The smallest absolute Gasteiger partial charge is 0.234 e. The zero-order chi connectivity index (χ0) is 17.9. The molecular weight excluding hydrogens is 318 g/mol. The second kappa shape index (κ2) is 7.17. The van der Waals surface area contributed by atoms with Gasteiger partial charge in [0.1, 0.15) is 0 Å². The van der Waals surface area contributed by atoms with Gasteiger partial charge in [0.25, 0.3) is 0 Å². The molecule has 1 heterocycles. The third-order valence-electron chi connectivity index (χ3n) is 5.39. The number of benzene rings is 3. The summed E-state index contributed by atoms with van der Waals surface area (Å²) in [5, 5.41) is 0. The number of para-hydroxylation sites is 1. The predicted octanol–water partition coefficient (Wildman–Crippen LogP) is 4.98. The Hall–Kier alpha value is -2.87. The molecule has 0 bridgehead atoms. The molecule has 0 spiro atoms. The van der Waals surface area contributed by atoms with E-state index < -0.39 is 0 Å². The van der Waals surface area contributed by atoms with Gasteiger partial charge < -0.3 is 4.90 Å². The van der Waals surface area contributed by atoms with Crippen LogP contribution >= 0.6 is 0 Å². The van der Waals surface area contributed by atoms with Crippen LogP contribution in [0.15, 0.2) is 84.9 Å². The number of carbonyl (C=O) groups excluding carboxylic acids is 1. The third kappa shape index (κ3) is 3.15. The molecule has 3 aromatic carbocycles. The zero-order valence-corrected chi connectivity index (χ0v) is 15.0. The van der Waals surface area contributed by atoms with E-state index in [1.165, 1.54) is 11.1 Å². The number of rotatable bonds is 4. The molecule has 3 aromatic rings. The van der Waals surface area contributed by atoms with Crippen molar-refractivity contribution in [2.75, 3.05) is 11.4 Å². The van der Waals surface area contributed by atoms with Crippen LogP contribution in [0.1, 0.15) is 22.6 Å². The zero-order valence-electron chi connectivity index (χ0n) is 15.0. The Labute approximate surface area is 155 Å². The van der Waals surface area contributed by atoms with Crippen molar-refractivity contribution < 1.29 is 4.79 Å². The summed E-state index contributed by atoms with van der Waals surface area (Å²) in [7, 11) is 0. The van der Waals surface area contributed by atoms with Crippen molar-refractivity contribution in [1.82, 2.24) is 0 Å². The minimum absolute atomic E-state index is 0.0870. The molecule has 4 rings (SSSR count). The maximum atomic E-state index is 13.3. The van der Waals surface area contributed by atoms with Crippen molar-refractivity contribution >= 4 is 11.6 Å². The molecular formula is C24H23NO. The van der Waals surface area contributed by atoms with Crippen LogP contribution in [0.3, 0.4) is 0 Å². The van der Waals surface area contributed by atoms with Crippen molar-refractivity contribution in [3.05, 3.63) is 102 Å². The quantitative estimate of drug-likeness (QED) is 0.655. The van der Waals surface area contributed by atoms with Crippen molar-refractivity contribution in [3.8, 4) is 0 Å². The largest absolute Gasteiger partial charge is 0.312 e. The molecule has 0 radical (unpaired) electrons. The lowest BCUT2D eigenvalue weighted by atomic mass is 9.83. The van der Waals surface area contributed by atoms with E-state index in [1.54, 1.807) is 0 Å². The lowest BCUT2D eigenvalue weighted by Gasteiger charge is -2.18. The highest BCUT2D eigenvalue weighted by Gasteiger charge is 2.41. The fraction of sp³-hybridized carbons (Fsp3) is 0.208. The summed E-state index contributed by atoms with van der Waals surface area (Å²) < 4.78 is 0. The molecule has 1 aliphatic heterocycles. The van der Waals surface area contributed by atoms with E-state index >= 15 is 0 Å². The number of aryl methyl sites for hydroxylation is 1. The monoisotopic (exact) mass is 341 g/mol. The molecule has 1 aliphatic rings. The number of hydrogen-bond donors (Lipinski definition) is 0. The summed E-state index contributed by atoms with van der Waals surface area (Å²) in [5.74, 6) is 0.392. The first kappa shape index (κ1) is 16.6. The average molecular weight is 341 g/mol. The first-order valence-corrected chi connectivity index (χ1v) is 9.20. The lowest BCUT2D eigenvalue weighted by Crippen LogP contribution is -2.26. The van der Waals surface area contributed by atoms with Gasteiger partial charge in [0.2, 0.25) is 5.91 Å². The number of hydrogen-bond acceptors (Lipinski definition) is 1. The molecule has 1 fully saturated rings. The van der Waals surface area contributed by atoms with Gasteiger partial charge in [-0.2, -0.15) is 0 Å². The Kier molecular flexibility index (Phi) is 4.57. The van der Waals surface area contributed by atoms with E-state index in [0.29, 0.717) is 0 Å². The van der Waals surface area contributed by atoms with Crippen LogP contribution in [0.5, 0.6) is 0 Å². The van der Waals surface area contributed by atoms with Gasteiger partial charge in [-0.05, 0) is 48.1 Å². The molecule has 0 aliphatic carbocycles. The third-order valence-corrected chi connectivity index (χ3v) is 5.39. The van der Waals surface area contributed by atoms with Gasteiger partial charge in [0.15, 0.2) is 0 Å². The summed E-state index contributed by atoms with van der Waals surface area (Å²) in [5.41, 5.74) is 4.74. The van der Waals surface area contributed by atoms with Crippen molar-refractivity contribution in [3.63, 3.8) is 0 Å². The van der Waals surface area contributed by atoms with E-state index in [0.717, 1.165) is 24.2 Å². The molecule has 1 amide bonds. The van der Waals surface area contributed by atoms with Crippen LogP contribution in [0.4, 0.5) is 5.69 Å². The second-order valence-corrected chi connectivity index (χ2v) is 7.06. The highest BCUT2D eigenvalue weighted by atomic mass is 16.2. The molecule has 2 nitrogen and oxygen atoms in total. The first-order valence-electron chi connectivity index (χ1n) is 9.20. The fourth-order valence-corrected chi connectivity index (χ4v) is 4.02. The summed E-state index contributed by atoms with van der Waals surface area (Å²) in [6, 6.07) is 28.8. The number of anilines is 1. The molecule has 2 heteroatoms. The fourth-order valence-electron chi connectivity index (χ4n) is 4.02. The van der Waals surface area contributed by atoms with Crippen LogP contribution < -0.4 is 4.90 Å². The predicted molar refractivity (Wildman–Crippen MR) is 106 cm³/mol. The van der Waals surface area contributed by atoms with Gasteiger partial charge >= 0.3 is 0 Å². The van der Waals surface area contributed by atoms with Gasteiger partial charge in [-0.1, -0.05) is 72.8 Å². The van der Waals surface area contributed by atoms with Crippen LogP contribution in [0.25, 0.3) is 0 Å². The first-order chi connectivity index (χ1) is 12.7. The molecule has 26 heavy (non-hydrogen) atoms. The molecule has 130 valence electrons. The van der Waals surface area contributed by atoms with Crippen molar-refractivity contribution in [1.29, 1.82) is 0 Å². The van der Waals surface area contributed by atoms with Gasteiger partial charge in [0.05, 0.1) is 5.92 Å². The Morgan fingerprint density at radius 2 is 1.46 bits per heavy atom. The van der Waals surface area contributed by atoms with E-state index in [-0.39, 0.29) is 17.7 Å². The Balaban J connectivity index is 1.70. The average Bonchev–Trinajstić information content (AvgIpc) is 3.01. The molecule has 0 N–H and O–H groups in total. The normalized spacial score (nSPS) is 19.7. The summed E-state index contributed by atoms with van der Waals surface area (Å²) in [4.78, 5) is 15.3. The van der Waals surface area contributed by atoms with Crippen LogP contribution in [-0.4, -0.2) is 12.5 Å². The van der Waals surface area contributed by atoms with Gasteiger partial charge in [-0.15, -0.1) is 0 Å².